The number of nitrogens with one attached hydrogen (secondary N) is 2. The van der Waals surface area contributed by atoms with Crippen molar-refractivity contribution in [3.63, 3.8) is 0 Å². The maximum absolute atomic E-state index is 12.1. The molecule has 2 rings (SSSR count). The van der Waals surface area contributed by atoms with Crippen molar-refractivity contribution >= 4 is 17.6 Å². The van der Waals surface area contributed by atoms with Gasteiger partial charge in [0.2, 0.25) is 5.91 Å². The number of amides is 3. The van der Waals surface area contributed by atoms with Gasteiger partial charge in [0.1, 0.15) is 0 Å². The van der Waals surface area contributed by atoms with Crippen molar-refractivity contribution < 1.29 is 9.59 Å². The van der Waals surface area contributed by atoms with E-state index in [2.05, 4.69) is 16.7 Å². The van der Waals surface area contributed by atoms with Crippen LogP contribution < -0.4 is 10.6 Å². The van der Waals surface area contributed by atoms with E-state index in [9.17, 15) is 9.59 Å². The van der Waals surface area contributed by atoms with E-state index >= 15 is 0 Å². The summed E-state index contributed by atoms with van der Waals surface area (Å²) in [6, 6.07) is 5.50. The monoisotopic (exact) mass is 303 g/mol. The Balaban J connectivity index is 1.94. The predicted molar refractivity (Wildman–Crippen MR) is 87.9 cm³/mol. The molecule has 5 heteroatoms. The molecule has 2 N–H and O–H groups in total. The van der Waals surface area contributed by atoms with E-state index in [1.165, 1.54) is 0 Å². The van der Waals surface area contributed by atoms with E-state index in [1.807, 2.05) is 51.7 Å². The van der Waals surface area contributed by atoms with E-state index in [0.29, 0.717) is 13.0 Å². The molecule has 22 heavy (non-hydrogen) atoms. The summed E-state index contributed by atoms with van der Waals surface area (Å²) in [5, 5.41) is 5.73. The van der Waals surface area contributed by atoms with Crippen LogP contribution in [0.5, 0.6) is 0 Å². The van der Waals surface area contributed by atoms with Crippen LogP contribution in [-0.2, 0) is 4.79 Å². The standard InChI is InChI=1S/C17H25N3O2/c1-11-6-12(2)8-13(7-11)18-16(22)19-14-9-15(21)20(10-14)17(3,4)5/h6-8,14H,9-10H2,1-5H3,(H2,18,19,22). The van der Waals surface area contributed by atoms with Crippen molar-refractivity contribution in [2.75, 3.05) is 11.9 Å². The van der Waals surface area contributed by atoms with E-state index in [0.717, 1.165) is 16.8 Å². The first-order chi connectivity index (χ1) is 10.1. The van der Waals surface area contributed by atoms with E-state index < -0.39 is 0 Å². The Morgan fingerprint density at radius 3 is 2.27 bits per heavy atom. The molecular weight excluding hydrogens is 278 g/mol. The van der Waals surface area contributed by atoms with Crippen molar-refractivity contribution in [3.05, 3.63) is 29.3 Å². The van der Waals surface area contributed by atoms with Gasteiger partial charge in [-0.1, -0.05) is 6.07 Å². The minimum absolute atomic E-state index is 0.0872. The van der Waals surface area contributed by atoms with Crippen LogP contribution in [0.3, 0.4) is 0 Å². The third-order valence-electron chi connectivity index (χ3n) is 3.75. The Labute approximate surface area is 132 Å². The van der Waals surface area contributed by atoms with Crippen LogP contribution in [0, 0.1) is 13.8 Å². The smallest absolute Gasteiger partial charge is 0.319 e. The van der Waals surface area contributed by atoms with E-state index in [1.54, 1.807) is 0 Å². The number of anilines is 1. The quantitative estimate of drug-likeness (QED) is 0.882. The van der Waals surface area contributed by atoms with Gasteiger partial charge in [0.15, 0.2) is 0 Å². The maximum Gasteiger partial charge on any atom is 0.319 e. The average Bonchev–Trinajstić information content (AvgIpc) is 2.67. The zero-order chi connectivity index (χ0) is 16.5. The molecule has 1 aromatic carbocycles. The second-order valence-corrected chi connectivity index (χ2v) is 7.05. The Morgan fingerprint density at radius 2 is 1.77 bits per heavy atom. The highest BCUT2D eigenvalue weighted by atomic mass is 16.2. The van der Waals surface area contributed by atoms with Gasteiger partial charge in [0.05, 0.1) is 6.04 Å². The molecule has 1 aromatic rings. The maximum atomic E-state index is 12.1. The summed E-state index contributed by atoms with van der Waals surface area (Å²) in [5.41, 5.74) is 2.76. The lowest BCUT2D eigenvalue weighted by Gasteiger charge is -2.32. The lowest BCUT2D eigenvalue weighted by atomic mass is 10.1. The van der Waals surface area contributed by atoms with Crippen LogP contribution in [0.4, 0.5) is 10.5 Å². The zero-order valence-electron chi connectivity index (χ0n) is 14.0. The first-order valence-electron chi connectivity index (χ1n) is 7.61. The molecule has 0 radical (unpaired) electrons. The van der Waals surface area contributed by atoms with Gasteiger partial charge in [0, 0.05) is 24.2 Å². The topological polar surface area (TPSA) is 61.4 Å². The third kappa shape index (κ3) is 4.00. The number of aryl methyl sites for hydroxylation is 2. The Bertz CT molecular complexity index is 570. The van der Waals surface area contributed by atoms with Gasteiger partial charge in [-0.15, -0.1) is 0 Å². The molecule has 1 fully saturated rings. The van der Waals surface area contributed by atoms with Crippen LogP contribution in [-0.4, -0.2) is 35.0 Å². The fourth-order valence-electron chi connectivity index (χ4n) is 2.85. The van der Waals surface area contributed by atoms with Gasteiger partial charge in [-0.25, -0.2) is 4.79 Å². The molecule has 1 heterocycles. The summed E-state index contributed by atoms with van der Waals surface area (Å²) in [4.78, 5) is 25.9. The largest absolute Gasteiger partial charge is 0.336 e. The Hall–Kier alpha value is -2.04. The SMILES string of the molecule is Cc1cc(C)cc(NC(=O)NC2CC(=O)N(C(C)(C)C)C2)c1. The van der Waals surface area contributed by atoms with Crippen molar-refractivity contribution in [3.8, 4) is 0 Å². The first kappa shape index (κ1) is 16.3. The zero-order valence-corrected chi connectivity index (χ0v) is 14.0. The highest BCUT2D eigenvalue weighted by Crippen LogP contribution is 2.22. The number of likely N-dealkylation sites (tertiary alicyclic amines) is 1. The molecule has 1 atom stereocenters. The number of rotatable bonds is 2. The third-order valence-corrected chi connectivity index (χ3v) is 3.75. The fraction of sp³-hybridized carbons (Fsp3) is 0.529. The number of carbonyl (C=O) groups excluding carboxylic acids is 2. The second-order valence-electron chi connectivity index (χ2n) is 7.05. The summed E-state index contributed by atoms with van der Waals surface area (Å²) in [7, 11) is 0. The molecule has 5 nitrogen and oxygen atoms in total. The first-order valence-corrected chi connectivity index (χ1v) is 7.61. The summed E-state index contributed by atoms with van der Waals surface area (Å²) in [6.07, 6.45) is 0.359. The Morgan fingerprint density at radius 1 is 1.18 bits per heavy atom. The van der Waals surface area contributed by atoms with Crippen LogP contribution >= 0.6 is 0 Å². The number of urea groups is 1. The van der Waals surface area contributed by atoms with Crippen LogP contribution in [0.1, 0.15) is 38.3 Å². The second kappa shape index (κ2) is 5.99. The number of hydrogen-bond donors (Lipinski definition) is 2. The number of nitrogens with zero attached hydrogens (tertiary/aromatic N) is 1. The highest BCUT2D eigenvalue weighted by Gasteiger charge is 2.36. The lowest BCUT2D eigenvalue weighted by molar-refractivity contribution is -0.131. The van der Waals surface area contributed by atoms with Crippen molar-refractivity contribution in [1.29, 1.82) is 0 Å². The van der Waals surface area contributed by atoms with Gasteiger partial charge in [0.25, 0.3) is 0 Å². The Kier molecular flexibility index (Phi) is 4.44. The molecule has 120 valence electrons. The van der Waals surface area contributed by atoms with E-state index in [4.69, 9.17) is 0 Å². The lowest BCUT2D eigenvalue weighted by Crippen LogP contribution is -2.45. The molecule has 0 bridgehead atoms. The normalized spacial score (nSPS) is 18.5. The molecule has 1 aliphatic heterocycles. The predicted octanol–water partition coefficient (Wildman–Crippen LogP) is 2.82. The van der Waals surface area contributed by atoms with Gasteiger partial charge in [-0.05, 0) is 57.9 Å². The molecule has 3 amide bonds. The molecule has 0 saturated carbocycles. The summed E-state index contributed by atoms with van der Waals surface area (Å²) >= 11 is 0. The molecule has 0 aliphatic carbocycles. The molecule has 0 spiro atoms. The molecule has 1 saturated heterocycles. The van der Waals surface area contributed by atoms with Crippen LogP contribution in [0.15, 0.2) is 18.2 Å². The molecule has 1 aliphatic rings. The minimum Gasteiger partial charge on any atom is -0.336 e. The average molecular weight is 303 g/mol. The van der Waals surface area contributed by atoms with E-state index in [-0.39, 0.29) is 23.5 Å². The van der Waals surface area contributed by atoms with Crippen LogP contribution in [0.2, 0.25) is 0 Å². The summed E-state index contributed by atoms with van der Waals surface area (Å²) in [5.74, 6) is 0.0872. The number of hydrogen-bond acceptors (Lipinski definition) is 2. The fourth-order valence-corrected chi connectivity index (χ4v) is 2.85. The summed E-state index contributed by atoms with van der Waals surface area (Å²) in [6.45, 7) is 10.6. The van der Waals surface area contributed by atoms with Gasteiger partial charge >= 0.3 is 6.03 Å². The highest BCUT2D eigenvalue weighted by molar-refractivity contribution is 5.90. The number of carbonyl (C=O) groups is 2. The van der Waals surface area contributed by atoms with Crippen molar-refractivity contribution in [2.24, 2.45) is 0 Å². The van der Waals surface area contributed by atoms with Crippen LogP contribution in [0.25, 0.3) is 0 Å². The molecular formula is C17H25N3O2. The van der Waals surface area contributed by atoms with Gasteiger partial charge < -0.3 is 15.5 Å². The van der Waals surface area contributed by atoms with Gasteiger partial charge in [-0.2, -0.15) is 0 Å². The molecule has 1 unspecified atom stereocenters. The summed E-state index contributed by atoms with van der Waals surface area (Å²) < 4.78 is 0. The van der Waals surface area contributed by atoms with Crippen molar-refractivity contribution in [1.82, 2.24) is 10.2 Å². The minimum atomic E-state index is -0.265. The van der Waals surface area contributed by atoms with Gasteiger partial charge in [-0.3, -0.25) is 4.79 Å². The molecule has 0 aromatic heterocycles. The number of benzene rings is 1. The van der Waals surface area contributed by atoms with Crippen molar-refractivity contribution in [2.45, 2.75) is 52.6 Å².